The Balaban J connectivity index is 1.38. The van der Waals surface area contributed by atoms with Crippen molar-refractivity contribution in [3.63, 3.8) is 0 Å². The van der Waals surface area contributed by atoms with Crippen LogP contribution in [0.5, 0.6) is 0 Å². The lowest BCUT2D eigenvalue weighted by Gasteiger charge is -2.40. The Kier molecular flexibility index (Phi) is 7.04. The summed E-state index contributed by atoms with van der Waals surface area (Å²) in [5.41, 5.74) is 2.75. The molecule has 1 amide bonds. The van der Waals surface area contributed by atoms with Gasteiger partial charge in [-0.15, -0.1) is 11.3 Å². The third kappa shape index (κ3) is 4.86. The molecular weight excluding hydrogens is 481 g/mol. The van der Waals surface area contributed by atoms with Gasteiger partial charge in [0, 0.05) is 37.1 Å². The van der Waals surface area contributed by atoms with Crippen LogP contribution in [0.2, 0.25) is 0 Å². The number of carbonyl (C=O) groups is 2. The van der Waals surface area contributed by atoms with Crippen molar-refractivity contribution < 1.29 is 23.8 Å². The van der Waals surface area contributed by atoms with Crippen LogP contribution in [-0.4, -0.2) is 67.3 Å². The largest absolute Gasteiger partial charge is 0.477 e. The van der Waals surface area contributed by atoms with E-state index in [2.05, 4.69) is 0 Å². The minimum absolute atomic E-state index is 0.124. The van der Waals surface area contributed by atoms with E-state index in [4.69, 9.17) is 4.74 Å². The van der Waals surface area contributed by atoms with Crippen molar-refractivity contribution in [2.75, 3.05) is 49.2 Å². The maximum atomic E-state index is 14.9. The monoisotopic (exact) mass is 509 g/mol. The first-order valence-corrected chi connectivity index (χ1v) is 12.8. The van der Waals surface area contributed by atoms with Crippen molar-refractivity contribution in [2.24, 2.45) is 0 Å². The van der Waals surface area contributed by atoms with Gasteiger partial charge in [0.05, 0.1) is 31.1 Å². The molecule has 0 aliphatic carbocycles. The Bertz CT molecular complexity index is 1260. The van der Waals surface area contributed by atoms with Crippen LogP contribution in [0.15, 0.2) is 54.6 Å². The number of ether oxygens (including phenoxy) is 1. The second-order valence-corrected chi connectivity index (χ2v) is 10.2. The van der Waals surface area contributed by atoms with Gasteiger partial charge in [0.1, 0.15) is 10.7 Å². The average molecular weight is 510 g/mol. The fourth-order valence-corrected chi connectivity index (χ4v) is 6.05. The number of hydrogen-bond donors (Lipinski definition) is 1. The van der Waals surface area contributed by atoms with Crippen molar-refractivity contribution in [1.29, 1.82) is 0 Å². The number of halogens is 1. The summed E-state index contributed by atoms with van der Waals surface area (Å²) in [6, 6.07) is 16.2. The normalized spacial score (nSPS) is 19.1. The summed E-state index contributed by atoms with van der Waals surface area (Å²) in [4.78, 5) is 32.0. The van der Waals surface area contributed by atoms with Gasteiger partial charge in [-0.3, -0.25) is 9.69 Å². The Morgan fingerprint density at radius 3 is 2.58 bits per heavy atom. The number of carboxylic acids is 1. The molecule has 2 aliphatic rings. The summed E-state index contributed by atoms with van der Waals surface area (Å²) in [7, 11) is 0. The topological polar surface area (TPSA) is 73.3 Å². The number of amides is 1. The number of anilines is 2. The number of carbonyl (C=O) groups excluding carboxylic acids is 1. The highest BCUT2D eigenvalue weighted by Gasteiger charge is 2.35. The molecule has 1 atom stereocenters. The zero-order valence-electron chi connectivity index (χ0n) is 20.0. The van der Waals surface area contributed by atoms with Crippen LogP contribution in [0.3, 0.4) is 0 Å². The number of para-hydroxylation sites is 1. The summed E-state index contributed by atoms with van der Waals surface area (Å²) in [5.74, 6) is -1.49. The first-order chi connectivity index (χ1) is 17.4. The molecule has 36 heavy (non-hydrogen) atoms. The van der Waals surface area contributed by atoms with Crippen LogP contribution < -0.4 is 9.80 Å². The van der Waals surface area contributed by atoms with Crippen LogP contribution in [0.25, 0.3) is 10.4 Å². The number of piperazine rings is 1. The molecule has 188 valence electrons. The highest BCUT2D eigenvalue weighted by atomic mass is 32.1. The van der Waals surface area contributed by atoms with Gasteiger partial charge in [-0.1, -0.05) is 42.5 Å². The van der Waals surface area contributed by atoms with Crippen molar-refractivity contribution in [3.8, 4) is 10.4 Å². The number of rotatable bonds is 6. The maximum Gasteiger partial charge on any atom is 0.348 e. The Hall–Kier alpha value is -3.27. The third-order valence-electron chi connectivity index (χ3n) is 6.61. The lowest BCUT2D eigenvalue weighted by molar-refractivity contribution is -0.122. The highest BCUT2D eigenvalue weighted by Crippen LogP contribution is 2.39. The van der Waals surface area contributed by atoms with Gasteiger partial charge < -0.3 is 19.6 Å². The van der Waals surface area contributed by atoms with Crippen molar-refractivity contribution in [3.05, 3.63) is 70.9 Å². The molecule has 0 spiro atoms. The van der Waals surface area contributed by atoms with Crippen molar-refractivity contribution >= 4 is 34.6 Å². The number of aromatic carboxylic acids is 1. The van der Waals surface area contributed by atoms with E-state index in [0.717, 1.165) is 16.0 Å². The molecule has 7 nitrogen and oxygen atoms in total. The number of benzene rings is 2. The highest BCUT2D eigenvalue weighted by molar-refractivity contribution is 7.18. The van der Waals surface area contributed by atoms with Gasteiger partial charge in [-0.05, 0) is 30.2 Å². The molecule has 2 saturated heterocycles. The summed E-state index contributed by atoms with van der Waals surface area (Å²) < 4.78 is 20.3. The summed E-state index contributed by atoms with van der Waals surface area (Å²) >= 11 is 1.18. The molecule has 1 aromatic heterocycles. The second kappa shape index (κ2) is 10.4. The van der Waals surface area contributed by atoms with Crippen molar-refractivity contribution in [1.82, 2.24) is 4.90 Å². The SMILES string of the molecule is C[C@@H]1CN(Cc2cccc(F)c2N2CCOCC2)CC(=O)N1c1cc(-c2ccccc2)sc1C(=O)O. The standard InChI is InChI=1S/C27H28FN3O4S/c1-18-15-29(16-20-8-5-9-21(28)25(20)30-10-12-35-13-11-30)17-24(32)31(18)22-14-23(36-26(22)27(33)34)19-6-3-2-4-7-19/h2-9,14,18H,10-13,15-17H2,1H3,(H,33,34)/t18-/m1/s1. The van der Waals surface area contributed by atoms with Crippen LogP contribution >= 0.6 is 11.3 Å². The quantitative estimate of drug-likeness (QED) is 0.534. The van der Waals surface area contributed by atoms with Gasteiger partial charge >= 0.3 is 5.97 Å². The minimum Gasteiger partial charge on any atom is -0.477 e. The van der Waals surface area contributed by atoms with E-state index in [1.54, 1.807) is 17.0 Å². The van der Waals surface area contributed by atoms with Crippen LogP contribution in [0.4, 0.5) is 15.8 Å². The predicted octanol–water partition coefficient (Wildman–Crippen LogP) is 4.33. The smallest absolute Gasteiger partial charge is 0.348 e. The van der Waals surface area contributed by atoms with Crippen LogP contribution in [0, 0.1) is 5.82 Å². The van der Waals surface area contributed by atoms with E-state index >= 15 is 0 Å². The summed E-state index contributed by atoms with van der Waals surface area (Å²) in [6.07, 6.45) is 0. The maximum absolute atomic E-state index is 14.9. The van der Waals surface area contributed by atoms with Gasteiger partial charge in [0.2, 0.25) is 5.91 Å². The Morgan fingerprint density at radius 2 is 1.89 bits per heavy atom. The molecule has 0 saturated carbocycles. The number of carboxylic acid groups (broad SMARTS) is 1. The average Bonchev–Trinajstić information content (AvgIpc) is 3.30. The van der Waals surface area contributed by atoms with E-state index in [-0.39, 0.29) is 29.2 Å². The Morgan fingerprint density at radius 1 is 1.14 bits per heavy atom. The molecule has 0 unspecified atom stereocenters. The first-order valence-electron chi connectivity index (χ1n) is 12.0. The molecule has 2 aromatic carbocycles. The summed E-state index contributed by atoms with van der Waals surface area (Å²) in [5, 5.41) is 9.87. The van der Waals surface area contributed by atoms with E-state index in [1.165, 1.54) is 17.4 Å². The zero-order valence-corrected chi connectivity index (χ0v) is 20.8. The lowest BCUT2D eigenvalue weighted by atomic mass is 10.1. The predicted molar refractivity (Wildman–Crippen MR) is 138 cm³/mol. The molecule has 2 aliphatic heterocycles. The third-order valence-corrected chi connectivity index (χ3v) is 7.77. The zero-order chi connectivity index (χ0) is 25.2. The summed E-state index contributed by atoms with van der Waals surface area (Å²) in [6.45, 7) is 5.37. The number of thiophene rings is 1. The van der Waals surface area contributed by atoms with Gasteiger partial charge in [-0.2, -0.15) is 0 Å². The van der Waals surface area contributed by atoms with Crippen LogP contribution in [0.1, 0.15) is 22.2 Å². The van der Waals surface area contributed by atoms with Crippen LogP contribution in [-0.2, 0) is 16.1 Å². The number of morpholine rings is 1. The van der Waals surface area contributed by atoms with Gasteiger partial charge in [0.25, 0.3) is 0 Å². The van der Waals surface area contributed by atoms with E-state index in [9.17, 15) is 19.1 Å². The molecular formula is C27H28FN3O4S. The van der Waals surface area contributed by atoms with E-state index in [0.29, 0.717) is 50.8 Å². The molecule has 9 heteroatoms. The van der Waals surface area contributed by atoms with Gasteiger partial charge in [-0.25, -0.2) is 9.18 Å². The fraction of sp³-hybridized carbons (Fsp3) is 0.333. The number of hydrogen-bond acceptors (Lipinski definition) is 6. The molecule has 5 rings (SSSR count). The molecule has 2 fully saturated rings. The fourth-order valence-electron chi connectivity index (χ4n) is 5.05. The molecule has 0 radical (unpaired) electrons. The molecule has 1 N–H and O–H groups in total. The lowest BCUT2D eigenvalue weighted by Crippen LogP contribution is -2.55. The van der Waals surface area contributed by atoms with Gasteiger partial charge in [0.15, 0.2) is 0 Å². The molecule has 3 heterocycles. The minimum atomic E-state index is -1.05. The first kappa shape index (κ1) is 24.4. The Labute approximate surface area is 213 Å². The molecule has 3 aromatic rings. The molecule has 0 bridgehead atoms. The number of nitrogens with zero attached hydrogens (tertiary/aromatic N) is 3. The second-order valence-electron chi connectivity index (χ2n) is 9.13. The van der Waals surface area contributed by atoms with E-state index in [1.807, 2.05) is 53.1 Å². The van der Waals surface area contributed by atoms with Crippen molar-refractivity contribution in [2.45, 2.75) is 19.5 Å². The van der Waals surface area contributed by atoms with E-state index < -0.39 is 5.97 Å².